The molecule has 1 rings (SSSR count). The lowest BCUT2D eigenvalue weighted by Crippen LogP contribution is -2.13. The van der Waals surface area contributed by atoms with Gasteiger partial charge in [-0.2, -0.15) is 0 Å². The minimum Gasteiger partial charge on any atom is -0.397 e. The molecule has 5 heteroatoms. The number of unbranched alkanes of at least 4 members (excludes halogenated alkanes) is 3. The Labute approximate surface area is 132 Å². The standard InChI is InChI=1S/C16H25ClN2O2/c1-2-3-4-5-10-21-11-6-7-16(20)19-15-12-13(17)8-9-14(15)18/h8-9,12H,2-7,10-11,18H2,1H3,(H,19,20). The Kier molecular flexibility index (Phi) is 8.87. The topological polar surface area (TPSA) is 64.3 Å². The number of hydrogen-bond acceptors (Lipinski definition) is 3. The van der Waals surface area contributed by atoms with Crippen LogP contribution >= 0.6 is 11.6 Å². The first kappa shape index (κ1) is 17.8. The Morgan fingerprint density at radius 3 is 2.76 bits per heavy atom. The lowest BCUT2D eigenvalue weighted by Gasteiger charge is -2.09. The van der Waals surface area contributed by atoms with Gasteiger partial charge in [0.2, 0.25) is 5.91 Å². The highest BCUT2D eigenvalue weighted by atomic mass is 35.5. The summed E-state index contributed by atoms with van der Waals surface area (Å²) in [5, 5.41) is 3.32. The summed E-state index contributed by atoms with van der Waals surface area (Å²) in [5.41, 5.74) is 6.85. The molecule has 0 atom stereocenters. The van der Waals surface area contributed by atoms with Crippen LogP contribution in [-0.4, -0.2) is 19.1 Å². The molecule has 118 valence electrons. The average molecular weight is 313 g/mol. The second kappa shape index (κ2) is 10.5. The van der Waals surface area contributed by atoms with Crippen molar-refractivity contribution in [1.29, 1.82) is 0 Å². The number of carbonyl (C=O) groups excluding carboxylic acids is 1. The molecule has 0 radical (unpaired) electrons. The van der Waals surface area contributed by atoms with Gasteiger partial charge in [0.05, 0.1) is 11.4 Å². The van der Waals surface area contributed by atoms with Crippen molar-refractivity contribution in [2.45, 2.75) is 45.4 Å². The molecule has 0 aliphatic heterocycles. The zero-order valence-electron chi connectivity index (χ0n) is 12.7. The molecule has 0 aliphatic carbocycles. The van der Waals surface area contributed by atoms with Crippen molar-refractivity contribution in [1.82, 2.24) is 0 Å². The lowest BCUT2D eigenvalue weighted by atomic mass is 10.2. The van der Waals surface area contributed by atoms with Gasteiger partial charge in [-0.05, 0) is 31.0 Å². The number of benzene rings is 1. The number of hydrogen-bond donors (Lipinski definition) is 2. The van der Waals surface area contributed by atoms with E-state index in [4.69, 9.17) is 22.1 Å². The van der Waals surface area contributed by atoms with Crippen molar-refractivity contribution in [3.05, 3.63) is 23.2 Å². The van der Waals surface area contributed by atoms with E-state index in [0.717, 1.165) is 13.0 Å². The van der Waals surface area contributed by atoms with Crippen LogP contribution in [0.3, 0.4) is 0 Å². The Bertz CT molecular complexity index is 438. The molecule has 0 bridgehead atoms. The van der Waals surface area contributed by atoms with Crippen molar-refractivity contribution >= 4 is 28.9 Å². The van der Waals surface area contributed by atoms with E-state index in [1.54, 1.807) is 18.2 Å². The SMILES string of the molecule is CCCCCCOCCCC(=O)Nc1cc(Cl)ccc1N. The molecule has 0 spiro atoms. The van der Waals surface area contributed by atoms with Gasteiger partial charge in [-0.1, -0.05) is 37.8 Å². The molecule has 0 unspecified atom stereocenters. The highest BCUT2D eigenvalue weighted by Gasteiger charge is 2.05. The molecule has 1 amide bonds. The van der Waals surface area contributed by atoms with Crippen molar-refractivity contribution in [3.63, 3.8) is 0 Å². The average Bonchev–Trinajstić information content (AvgIpc) is 2.46. The Morgan fingerprint density at radius 2 is 2.00 bits per heavy atom. The summed E-state index contributed by atoms with van der Waals surface area (Å²) in [4.78, 5) is 11.8. The van der Waals surface area contributed by atoms with Crippen molar-refractivity contribution < 1.29 is 9.53 Å². The fraction of sp³-hybridized carbons (Fsp3) is 0.562. The van der Waals surface area contributed by atoms with E-state index in [1.165, 1.54) is 19.3 Å². The fourth-order valence-electron chi connectivity index (χ4n) is 1.92. The van der Waals surface area contributed by atoms with Gasteiger partial charge < -0.3 is 15.8 Å². The smallest absolute Gasteiger partial charge is 0.224 e. The maximum atomic E-state index is 11.8. The van der Waals surface area contributed by atoms with E-state index in [-0.39, 0.29) is 5.91 Å². The number of halogens is 1. The quantitative estimate of drug-likeness (QED) is 0.502. The molecular formula is C16H25ClN2O2. The number of rotatable bonds is 10. The van der Waals surface area contributed by atoms with Crippen LogP contribution in [0.2, 0.25) is 5.02 Å². The van der Waals surface area contributed by atoms with Crippen molar-refractivity contribution in [3.8, 4) is 0 Å². The van der Waals surface area contributed by atoms with Crippen LogP contribution in [0.25, 0.3) is 0 Å². The van der Waals surface area contributed by atoms with Crippen LogP contribution in [-0.2, 0) is 9.53 Å². The van der Waals surface area contributed by atoms with E-state index < -0.39 is 0 Å². The molecule has 0 aliphatic rings. The number of anilines is 2. The van der Waals surface area contributed by atoms with Gasteiger partial charge in [0.15, 0.2) is 0 Å². The van der Waals surface area contributed by atoms with E-state index in [1.807, 2.05) is 0 Å². The molecule has 0 saturated carbocycles. The van der Waals surface area contributed by atoms with Gasteiger partial charge in [0, 0.05) is 24.7 Å². The zero-order valence-corrected chi connectivity index (χ0v) is 13.4. The van der Waals surface area contributed by atoms with Gasteiger partial charge in [0.1, 0.15) is 0 Å². The summed E-state index contributed by atoms with van der Waals surface area (Å²) in [6.07, 6.45) is 5.92. The molecule has 1 aromatic rings. The molecule has 3 N–H and O–H groups in total. The van der Waals surface area contributed by atoms with E-state index in [0.29, 0.717) is 35.8 Å². The van der Waals surface area contributed by atoms with E-state index in [2.05, 4.69) is 12.2 Å². The number of amides is 1. The van der Waals surface area contributed by atoms with Gasteiger partial charge >= 0.3 is 0 Å². The Hall–Kier alpha value is -1.26. The molecule has 1 aromatic carbocycles. The second-order valence-corrected chi connectivity index (χ2v) is 5.49. The maximum Gasteiger partial charge on any atom is 0.224 e. The highest BCUT2D eigenvalue weighted by Crippen LogP contribution is 2.23. The van der Waals surface area contributed by atoms with Gasteiger partial charge in [-0.15, -0.1) is 0 Å². The minimum absolute atomic E-state index is 0.0708. The predicted octanol–water partition coefficient (Wildman–Crippen LogP) is 4.24. The molecule has 21 heavy (non-hydrogen) atoms. The summed E-state index contributed by atoms with van der Waals surface area (Å²) in [5.74, 6) is -0.0708. The number of nitrogens with two attached hydrogens (primary N) is 1. The predicted molar refractivity (Wildman–Crippen MR) is 88.7 cm³/mol. The zero-order chi connectivity index (χ0) is 15.5. The van der Waals surface area contributed by atoms with Crippen molar-refractivity contribution in [2.24, 2.45) is 0 Å². The minimum atomic E-state index is -0.0708. The highest BCUT2D eigenvalue weighted by molar-refractivity contribution is 6.31. The lowest BCUT2D eigenvalue weighted by molar-refractivity contribution is -0.116. The number of carbonyl (C=O) groups is 1. The normalized spacial score (nSPS) is 10.6. The fourth-order valence-corrected chi connectivity index (χ4v) is 2.09. The molecule has 4 nitrogen and oxygen atoms in total. The third-order valence-corrected chi connectivity index (χ3v) is 3.36. The third kappa shape index (κ3) is 7.93. The van der Waals surface area contributed by atoms with Crippen LogP contribution in [0.1, 0.15) is 45.4 Å². The summed E-state index contributed by atoms with van der Waals surface area (Å²) >= 11 is 5.87. The molecule has 0 saturated heterocycles. The van der Waals surface area contributed by atoms with Crippen LogP contribution < -0.4 is 11.1 Å². The molecule has 0 heterocycles. The Morgan fingerprint density at radius 1 is 1.24 bits per heavy atom. The van der Waals surface area contributed by atoms with Crippen LogP contribution in [0.15, 0.2) is 18.2 Å². The van der Waals surface area contributed by atoms with Gasteiger partial charge in [-0.25, -0.2) is 0 Å². The molecular weight excluding hydrogens is 288 g/mol. The monoisotopic (exact) mass is 312 g/mol. The van der Waals surface area contributed by atoms with E-state index >= 15 is 0 Å². The largest absolute Gasteiger partial charge is 0.397 e. The summed E-state index contributed by atoms with van der Waals surface area (Å²) < 4.78 is 5.50. The first-order valence-electron chi connectivity index (χ1n) is 7.56. The van der Waals surface area contributed by atoms with Crippen LogP contribution in [0.4, 0.5) is 11.4 Å². The van der Waals surface area contributed by atoms with Crippen LogP contribution in [0, 0.1) is 0 Å². The summed E-state index contributed by atoms with van der Waals surface area (Å²) in [6.45, 7) is 3.58. The third-order valence-electron chi connectivity index (χ3n) is 3.12. The van der Waals surface area contributed by atoms with Crippen LogP contribution in [0.5, 0.6) is 0 Å². The second-order valence-electron chi connectivity index (χ2n) is 5.06. The number of ether oxygens (including phenoxy) is 1. The number of nitrogens with one attached hydrogen (secondary N) is 1. The van der Waals surface area contributed by atoms with Gasteiger partial charge in [0.25, 0.3) is 0 Å². The Balaban J connectivity index is 2.13. The molecule has 0 fully saturated rings. The van der Waals surface area contributed by atoms with E-state index in [9.17, 15) is 4.79 Å². The summed E-state index contributed by atoms with van der Waals surface area (Å²) in [7, 11) is 0. The summed E-state index contributed by atoms with van der Waals surface area (Å²) in [6, 6.07) is 5.02. The van der Waals surface area contributed by atoms with Crippen molar-refractivity contribution in [2.75, 3.05) is 24.3 Å². The first-order valence-corrected chi connectivity index (χ1v) is 7.94. The maximum absolute atomic E-state index is 11.8. The first-order chi connectivity index (χ1) is 10.1. The molecule has 0 aromatic heterocycles. The van der Waals surface area contributed by atoms with Gasteiger partial charge in [-0.3, -0.25) is 4.79 Å². The number of nitrogen functional groups attached to an aromatic ring is 1.